The first kappa shape index (κ1) is 36.8. The molecule has 0 fully saturated rings. The second-order valence-corrected chi connectivity index (χ2v) is 17.9. The molecule has 0 bridgehead atoms. The van der Waals surface area contributed by atoms with E-state index in [-0.39, 0.29) is 0 Å². The van der Waals surface area contributed by atoms with Gasteiger partial charge in [-0.1, -0.05) is 218 Å². The number of fused-ring (bicyclic) bond motifs is 12. The van der Waals surface area contributed by atoms with Gasteiger partial charge in [-0.25, -0.2) is 0 Å². The molecule has 0 aliphatic heterocycles. The summed E-state index contributed by atoms with van der Waals surface area (Å²) in [5.74, 6) is 0.627. The van der Waals surface area contributed by atoms with Gasteiger partial charge < -0.3 is 0 Å². The van der Waals surface area contributed by atoms with Crippen LogP contribution in [0.5, 0.6) is 0 Å². The third-order valence-electron chi connectivity index (χ3n) is 14.4. The van der Waals surface area contributed by atoms with E-state index in [9.17, 15) is 0 Å². The van der Waals surface area contributed by atoms with Crippen molar-refractivity contribution in [1.29, 1.82) is 0 Å². The summed E-state index contributed by atoms with van der Waals surface area (Å²) < 4.78 is 0. The van der Waals surface area contributed by atoms with Crippen LogP contribution in [0.4, 0.5) is 0 Å². The van der Waals surface area contributed by atoms with Gasteiger partial charge in [0, 0.05) is 11.8 Å². The van der Waals surface area contributed by atoms with Gasteiger partial charge in [0.2, 0.25) is 0 Å². The molecule has 300 valence electrons. The molecule has 2 aliphatic carbocycles. The fourth-order valence-corrected chi connectivity index (χ4v) is 11.3. The van der Waals surface area contributed by atoms with E-state index in [2.05, 4.69) is 231 Å². The molecule has 0 radical (unpaired) electrons. The summed E-state index contributed by atoms with van der Waals surface area (Å²) in [6.45, 7) is 0. The molecule has 13 rings (SSSR count). The van der Waals surface area contributed by atoms with Crippen molar-refractivity contribution in [3.05, 3.63) is 264 Å². The van der Waals surface area contributed by atoms with Crippen LogP contribution in [0.2, 0.25) is 0 Å². The topological polar surface area (TPSA) is 0 Å². The van der Waals surface area contributed by atoms with E-state index in [1.54, 1.807) is 0 Å². The summed E-state index contributed by atoms with van der Waals surface area (Å²) >= 11 is 0. The standard InChI is InChI=1S/C64H44/c1-2-14-43(15-3-1)46-16-12-13-41(35-46)36-61-53-21-8-10-23-55(53)63-39-47(30-33-58(61)63)44-26-28-45(29-27-44)48-31-34-59-62(54-22-9-11-24-56(54)64(59)40-48)38-42-25-32-57-51-19-5-4-17-49(51)50-18-6-7-20-52(50)60(57)37-42/h1-35,37,39-40,61-62H,36,38H2. The Balaban J connectivity index is 0.796. The summed E-state index contributed by atoms with van der Waals surface area (Å²) in [6, 6.07) is 86.4. The molecule has 0 saturated heterocycles. The Labute approximate surface area is 374 Å². The first-order chi connectivity index (χ1) is 31.7. The van der Waals surface area contributed by atoms with Crippen molar-refractivity contribution >= 4 is 32.3 Å². The zero-order chi connectivity index (χ0) is 42.1. The van der Waals surface area contributed by atoms with Crippen LogP contribution < -0.4 is 0 Å². The van der Waals surface area contributed by atoms with Crippen LogP contribution in [0.1, 0.15) is 45.2 Å². The maximum absolute atomic E-state index is 2.46. The molecular weight excluding hydrogens is 769 g/mol. The lowest BCUT2D eigenvalue weighted by atomic mass is 9.87. The lowest BCUT2D eigenvalue weighted by molar-refractivity contribution is 0.827. The molecular formula is C64H44. The molecule has 0 heterocycles. The summed E-state index contributed by atoms with van der Waals surface area (Å²) in [4.78, 5) is 0. The van der Waals surface area contributed by atoms with Crippen molar-refractivity contribution in [1.82, 2.24) is 0 Å². The van der Waals surface area contributed by atoms with Gasteiger partial charge in [-0.2, -0.15) is 0 Å². The van der Waals surface area contributed by atoms with E-state index in [1.165, 1.54) is 121 Å². The van der Waals surface area contributed by atoms with Crippen molar-refractivity contribution in [3.8, 4) is 55.6 Å². The van der Waals surface area contributed by atoms with Gasteiger partial charge in [-0.3, -0.25) is 0 Å². The molecule has 2 atom stereocenters. The van der Waals surface area contributed by atoms with Crippen molar-refractivity contribution in [2.24, 2.45) is 0 Å². The molecule has 2 unspecified atom stereocenters. The van der Waals surface area contributed by atoms with Crippen LogP contribution in [0.3, 0.4) is 0 Å². The van der Waals surface area contributed by atoms with E-state index in [1.807, 2.05) is 0 Å². The minimum Gasteiger partial charge on any atom is -0.0622 e. The smallest absolute Gasteiger partial charge is 0.0142 e. The van der Waals surface area contributed by atoms with Gasteiger partial charge in [-0.15, -0.1) is 0 Å². The van der Waals surface area contributed by atoms with Crippen molar-refractivity contribution < 1.29 is 0 Å². The molecule has 64 heavy (non-hydrogen) atoms. The van der Waals surface area contributed by atoms with E-state index < -0.39 is 0 Å². The van der Waals surface area contributed by atoms with E-state index >= 15 is 0 Å². The first-order valence-corrected chi connectivity index (χ1v) is 22.8. The Morgan fingerprint density at radius 3 is 1.17 bits per heavy atom. The van der Waals surface area contributed by atoms with Crippen LogP contribution in [-0.2, 0) is 12.8 Å². The molecule has 0 nitrogen and oxygen atoms in total. The second kappa shape index (κ2) is 14.9. The molecule has 0 aromatic heterocycles. The normalized spacial score (nSPS) is 14.7. The Morgan fingerprint density at radius 1 is 0.219 bits per heavy atom. The van der Waals surface area contributed by atoms with Crippen LogP contribution in [-0.4, -0.2) is 0 Å². The highest BCUT2D eigenvalue weighted by Crippen LogP contribution is 2.50. The quantitative estimate of drug-likeness (QED) is 0.141. The summed E-state index contributed by atoms with van der Waals surface area (Å²) in [5.41, 5.74) is 21.4. The lowest BCUT2D eigenvalue weighted by Gasteiger charge is -2.16. The predicted octanol–water partition coefficient (Wildman–Crippen LogP) is 16.9. The number of hydrogen-bond acceptors (Lipinski definition) is 0. The summed E-state index contributed by atoms with van der Waals surface area (Å²) in [7, 11) is 0. The van der Waals surface area contributed by atoms with Gasteiger partial charge in [0.25, 0.3) is 0 Å². The Kier molecular flexibility index (Phi) is 8.59. The Morgan fingerprint density at radius 2 is 0.609 bits per heavy atom. The average molecular weight is 813 g/mol. The minimum atomic E-state index is 0.302. The molecule has 2 aliphatic rings. The van der Waals surface area contributed by atoms with Crippen LogP contribution in [0, 0.1) is 0 Å². The molecule has 0 heteroatoms. The minimum absolute atomic E-state index is 0.302. The fourth-order valence-electron chi connectivity index (χ4n) is 11.3. The maximum Gasteiger partial charge on any atom is 0.0142 e. The molecule has 0 saturated carbocycles. The molecule has 0 amide bonds. The fraction of sp³-hybridized carbons (Fsp3) is 0.0625. The highest BCUT2D eigenvalue weighted by Gasteiger charge is 2.30. The third kappa shape index (κ3) is 6.05. The van der Waals surface area contributed by atoms with Gasteiger partial charge >= 0.3 is 0 Å². The Bertz CT molecular complexity index is 3570. The third-order valence-corrected chi connectivity index (χ3v) is 14.4. The number of hydrogen-bond donors (Lipinski definition) is 0. The van der Waals surface area contributed by atoms with Gasteiger partial charge in [0.05, 0.1) is 0 Å². The molecule has 0 spiro atoms. The zero-order valence-electron chi connectivity index (χ0n) is 35.5. The predicted molar refractivity (Wildman–Crippen MR) is 270 cm³/mol. The van der Waals surface area contributed by atoms with E-state index in [0.29, 0.717) is 11.8 Å². The zero-order valence-corrected chi connectivity index (χ0v) is 35.5. The largest absolute Gasteiger partial charge is 0.0622 e. The van der Waals surface area contributed by atoms with Gasteiger partial charge in [0.15, 0.2) is 0 Å². The first-order valence-electron chi connectivity index (χ1n) is 22.8. The summed E-state index contributed by atoms with van der Waals surface area (Å²) in [5, 5.41) is 7.96. The molecule has 0 N–H and O–H groups in total. The van der Waals surface area contributed by atoms with E-state index in [4.69, 9.17) is 0 Å². The Hall–Kier alpha value is -7.80. The maximum atomic E-state index is 2.46. The van der Waals surface area contributed by atoms with E-state index in [0.717, 1.165) is 12.8 Å². The van der Waals surface area contributed by atoms with Crippen LogP contribution >= 0.6 is 0 Å². The summed E-state index contributed by atoms with van der Waals surface area (Å²) in [6.07, 6.45) is 1.94. The van der Waals surface area contributed by atoms with Crippen molar-refractivity contribution in [2.75, 3.05) is 0 Å². The molecule has 11 aromatic rings. The van der Waals surface area contributed by atoms with Crippen molar-refractivity contribution in [2.45, 2.75) is 24.7 Å². The highest BCUT2D eigenvalue weighted by molar-refractivity contribution is 6.25. The van der Waals surface area contributed by atoms with Gasteiger partial charge in [0.1, 0.15) is 0 Å². The van der Waals surface area contributed by atoms with Crippen molar-refractivity contribution in [3.63, 3.8) is 0 Å². The van der Waals surface area contributed by atoms with Gasteiger partial charge in [-0.05, 0) is 146 Å². The SMILES string of the molecule is c1ccc(-c2cccc(CC3c4ccccc4-c4cc(-c5ccc(-c6ccc7c(c6)-c6ccccc6C7Cc6ccc7c8ccccc8c8ccccc8c7c6)cc5)ccc43)c2)cc1. The van der Waals surface area contributed by atoms with Crippen LogP contribution in [0.25, 0.3) is 88.0 Å². The second-order valence-electron chi connectivity index (χ2n) is 17.9. The monoisotopic (exact) mass is 812 g/mol. The molecule has 11 aromatic carbocycles. The lowest BCUT2D eigenvalue weighted by Crippen LogP contribution is -2.01. The van der Waals surface area contributed by atoms with Crippen LogP contribution in [0.15, 0.2) is 231 Å². The number of rotatable bonds is 7. The highest BCUT2D eigenvalue weighted by atomic mass is 14.3. The average Bonchev–Trinajstić information content (AvgIpc) is 3.85. The number of benzene rings is 11.